The molecule has 0 aromatic heterocycles. The number of nitrogens with one attached hydrogen (secondary N) is 1. The summed E-state index contributed by atoms with van der Waals surface area (Å²) in [6, 6.07) is 19.7. The molecule has 0 radical (unpaired) electrons. The van der Waals surface area contributed by atoms with E-state index < -0.39 is 0 Å². The zero-order valence-corrected chi connectivity index (χ0v) is 16.1. The van der Waals surface area contributed by atoms with Gasteiger partial charge in [-0.1, -0.05) is 54.6 Å². The lowest BCUT2D eigenvalue weighted by atomic mass is 10.0. The second kappa shape index (κ2) is 9.13. The van der Waals surface area contributed by atoms with E-state index in [4.69, 9.17) is 5.21 Å². The van der Waals surface area contributed by atoms with E-state index in [-0.39, 0.29) is 12.3 Å². The summed E-state index contributed by atoms with van der Waals surface area (Å²) in [6.45, 7) is 8.64. The highest BCUT2D eigenvalue weighted by molar-refractivity contribution is 5.77. The van der Waals surface area contributed by atoms with Crippen LogP contribution < -0.4 is 5.48 Å². The van der Waals surface area contributed by atoms with Gasteiger partial charge >= 0.3 is 0 Å². The van der Waals surface area contributed by atoms with Gasteiger partial charge in [0.15, 0.2) is 0 Å². The summed E-state index contributed by atoms with van der Waals surface area (Å²) in [5.74, 6) is -0.389. The summed E-state index contributed by atoms with van der Waals surface area (Å²) in [4.78, 5) is 16.3. The highest BCUT2D eigenvalue weighted by Gasteiger charge is 2.29. The zero-order valence-electron chi connectivity index (χ0n) is 16.1. The summed E-state index contributed by atoms with van der Waals surface area (Å²) >= 11 is 0. The molecule has 2 aromatic rings. The molecule has 0 saturated carbocycles. The Hall–Kier alpha value is -2.21. The Morgan fingerprint density at radius 2 is 1.48 bits per heavy atom. The Morgan fingerprint density at radius 1 is 0.926 bits per heavy atom. The van der Waals surface area contributed by atoms with E-state index in [1.807, 2.05) is 12.1 Å². The van der Waals surface area contributed by atoms with Gasteiger partial charge in [0.1, 0.15) is 0 Å². The molecule has 1 aliphatic rings. The van der Waals surface area contributed by atoms with Crippen LogP contribution in [0.3, 0.4) is 0 Å². The molecule has 3 rings (SSSR count). The minimum Gasteiger partial charge on any atom is -0.296 e. The average Bonchev–Trinajstić information content (AvgIpc) is 2.67. The summed E-state index contributed by atoms with van der Waals surface area (Å²) in [6.07, 6.45) is 0.196. The van der Waals surface area contributed by atoms with Crippen molar-refractivity contribution in [2.24, 2.45) is 0 Å². The van der Waals surface area contributed by atoms with Crippen LogP contribution >= 0.6 is 0 Å². The van der Waals surface area contributed by atoms with Crippen molar-refractivity contribution < 1.29 is 10.0 Å². The van der Waals surface area contributed by atoms with Crippen molar-refractivity contribution in [3.63, 3.8) is 0 Å². The molecule has 1 fully saturated rings. The monoisotopic (exact) mass is 367 g/mol. The first-order valence-electron chi connectivity index (χ1n) is 9.58. The average molecular weight is 367 g/mol. The Balaban J connectivity index is 1.57. The van der Waals surface area contributed by atoms with Crippen LogP contribution in [0.4, 0.5) is 0 Å². The number of hydrogen-bond acceptors (Lipinski definition) is 4. The Labute approximate surface area is 161 Å². The number of hydrogen-bond donors (Lipinski definition) is 2. The van der Waals surface area contributed by atoms with Gasteiger partial charge in [-0.15, -0.1) is 0 Å². The summed E-state index contributed by atoms with van der Waals surface area (Å²) in [7, 11) is 0. The number of amides is 1. The SMILES string of the molecule is C[C@@H]1CN(Cc2ccccc2)C[C@H](C)N1Cc1ccc(CC(=O)NO)cc1. The van der Waals surface area contributed by atoms with Crippen LogP contribution in [0, 0.1) is 0 Å². The third kappa shape index (κ3) is 5.39. The van der Waals surface area contributed by atoms with Gasteiger partial charge in [0.2, 0.25) is 5.91 Å². The molecule has 0 spiro atoms. The summed E-state index contributed by atoms with van der Waals surface area (Å²) < 4.78 is 0. The normalized spacial score (nSPS) is 21.1. The van der Waals surface area contributed by atoms with Crippen LogP contribution in [0.15, 0.2) is 54.6 Å². The molecular formula is C22H29N3O2. The first kappa shape index (κ1) is 19.5. The second-order valence-electron chi connectivity index (χ2n) is 7.58. The van der Waals surface area contributed by atoms with Crippen molar-refractivity contribution >= 4 is 5.91 Å². The van der Waals surface area contributed by atoms with Crippen molar-refractivity contribution in [3.8, 4) is 0 Å². The number of piperazine rings is 1. The molecule has 1 saturated heterocycles. The van der Waals surface area contributed by atoms with Gasteiger partial charge in [-0.2, -0.15) is 0 Å². The van der Waals surface area contributed by atoms with Gasteiger partial charge in [0, 0.05) is 38.3 Å². The van der Waals surface area contributed by atoms with Crippen molar-refractivity contribution in [3.05, 3.63) is 71.3 Å². The maximum atomic E-state index is 11.3. The van der Waals surface area contributed by atoms with E-state index in [1.165, 1.54) is 11.1 Å². The molecule has 0 bridgehead atoms. The Kier molecular flexibility index (Phi) is 6.61. The van der Waals surface area contributed by atoms with Gasteiger partial charge in [0.25, 0.3) is 0 Å². The Bertz CT molecular complexity index is 721. The molecule has 5 heteroatoms. The van der Waals surface area contributed by atoms with Crippen molar-refractivity contribution in [2.75, 3.05) is 13.1 Å². The van der Waals surface area contributed by atoms with E-state index in [0.717, 1.165) is 31.7 Å². The third-order valence-corrected chi connectivity index (χ3v) is 5.30. The van der Waals surface area contributed by atoms with Crippen molar-refractivity contribution in [2.45, 2.75) is 45.4 Å². The van der Waals surface area contributed by atoms with Gasteiger partial charge in [-0.3, -0.25) is 19.8 Å². The topological polar surface area (TPSA) is 55.8 Å². The van der Waals surface area contributed by atoms with Crippen LogP contribution in [-0.2, 0) is 24.3 Å². The third-order valence-electron chi connectivity index (χ3n) is 5.30. The lowest BCUT2D eigenvalue weighted by Crippen LogP contribution is -2.55. The zero-order chi connectivity index (χ0) is 19.2. The standard InChI is InChI=1S/C22H29N3O2/c1-17-13-24(15-20-6-4-3-5-7-20)14-18(2)25(17)16-21-10-8-19(9-11-21)12-22(26)23-27/h3-11,17-18,27H,12-16H2,1-2H3,(H,23,26)/t17-,18+. The lowest BCUT2D eigenvalue weighted by Gasteiger charge is -2.44. The molecule has 5 nitrogen and oxygen atoms in total. The molecule has 0 aliphatic carbocycles. The molecule has 2 aromatic carbocycles. The molecule has 27 heavy (non-hydrogen) atoms. The molecule has 1 amide bonds. The second-order valence-corrected chi connectivity index (χ2v) is 7.58. The molecule has 1 aliphatic heterocycles. The Morgan fingerprint density at radius 3 is 2.07 bits per heavy atom. The predicted molar refractivity (Wildman–Crippen MR) is 106 cm³/mol. The van der Waals surface area contributed by atoms with Crippen LogP contribution in [-0.4, -0.2) is 46.1 Å². The van der Waals surface area contributed by atoms with Gasteiger partial charge < -0.3 is 0 Å². The molecular weight excluding hydrogens is 338 g/mol. The maximum absolute atomic E-state index is 11.3. The number of rotatable bonds is 6. The lowest BCUT2D eigenvalue weighted by molar-refractivity contribution is -0.128. The molecule has 0 unspecified atom stereocenters. The summed E-state index contributed by atoms with van der Waals surface area (Å²) in [5, 5.41) is 8.63. The minimum atomic E-state index is -0.389. The van der Waals surface area contributed by atoms with Crippen molar-refractivity contribution in [1.29, 1.82) is 0 Å². The van der Waals surface area contributed by atoms with Gasteiger partial charge in [0.05, 0.1) is 6.42 Å². The highest BCUT2D eigenvalue weighted by atomic mass is 16.5. The van der Waals surface area contributed by atoms with E-state index in [1.54, 1.807) is 5.48 Å². The first-order valence-corrected chi connectivity index (χ1v) is 9.58. The molecule has 2 N–H and O–H groups in total. The van der Waals surface area contributed by atoms with E-state index in [0.29, 0.717) is 12.1 Å². The first-order chi connectivity index (χ1) is 13.0. The molecule has 2 atom stereocenters. The van der Waals surface area contributed by atoms with Crippen molar-refractivity contribution in [1.82, 2.24) is 15.3 Å². The van der Waals surface area contributed by atoms with Crippen LogP contribution in [0.1, 0.15) is 30.5 Å². The molecule has 1 heterocycles. The quantitative estimate of drug-likeness (QED) is 0.609. The fourth-order valence-corrected chi connectivity index (χ4v) is 3.95. The fourth-order valence-electron chi connectivity index (χ4n) is 3.95. The van der Waals surface area contributed by atoms with E-state index in [2.05, 4.69) is 66.1 Å². The minimum absolute atomic E-state index is 0.196. The number of carbonyl (C=O) groups is 1. The van der Waals surface area contributed by atoms with E-state index >= 15 is 0 Å². The maximum Gasteiger partial charge on any atom is 0.247 e. The smallest absolute Gasteiger partial charge is 0.247 e. The largest absolute Gasteiger partial charge is 0.296 e. The van der Waals surface area contributed by atoms with Crippen LogP contribution in [0.5, 0.6) is 0 Å². The summed E-state index contributed by atoms with van der Waals surface area (Å²) in [5.41, 5.74) is 5.19. The van der Waals surface area contributed by atoms with Gasteiger partial charge in [-0.05, 0) is 30.5 Å². The van der Waals surface area contributed by atoms with Crippen LogP contribution in [0.25, 0.3) is 0 Å². The number of benzene rings is 2. The van der Waals surface area contributed by atoms with Gasteiger partial charge in [-0.25, -0.2) is 5.48 Å². The number of carbonyl (C=O) groups excluding carboxylic acids is 1. The molecule has 144 valence electrons. The van der Waals surface area contributed by atoms with Crippen LogP contribution in [0.2, 0.25) is 0 Å². The fraction of sp³-hybridized carbons (Fsp3) is 0.409. The number of hydroxylamine groups is 1. The van der Waals surface area contributed by atoms with E-state index in [9.17, 15) is 4.79 Å². The highest BCUT2D eigenvalue weighted by Crippen LogP contribution is 2.21. The predicted octanol–water partition coefficient (Wildman–Crippen LogP) is 2.83. The number of nitrogens with zero attached hydrogens (tertiary/aromatic N) is 2.